The predicted molar refractivity (Wildman–Crippen MR) is 219 cm³/mol. The lowest BCUT2D eigenvalue weighted by atomic mass is 9.85. The number of aromatic nitrogens is 1. The minimum atomic E-state index is 0.0503. The summed E-state index contributed by atoms with van der Waals surface area (Å²) in [6.45, 7) is 18.8. The fourth-order valence-electron chi connectivity index (χ4n) is 7.29. The van der Waals surface area contributed by atoms with Crippen LogP contribution in [0.2, 0.25) is 0 Å². The number of benzene rings is 1. The molecule has 2 rings (SSSR count). The molecule has 0 bridgehead atoms. The number of ether oxygens (including phenoxy) is 1. The van der Waals surface area contributed by atoms with E-state index in [4.69, 9.17) is 4.74 Å². The van der Waals surface area contributed by atoms with Gasteiger partial charge < -0.3 is 4.74 Å². The molecular formula is C47H83N2O+. The SMILES string of the molecule is CCCCCCCCCCCCCCCCN(Cc1ccc(OCCCCCCCCCCCC)c(C(C)(C)C)c1)Cc1ccc[n+](CC)c1. The molecule has 0 spiro atoms. The molecule has 1 aromatic carbocycles. The third kappa shape index (κ3) is 21.5. The number of unbranched alkanes of at least 4 members (excludes halogenated alkanes) is 22. The van der Waals surface area contributed by atoms with E-state index in [1.165, 1.54) is 164 Å². The Labute approximate surface area is 312 Å². The predicted octanol–water partition coefficient (Wildman–Crippen LogP) is 14.1. The first kappa shape index (κ1) is 44.3. The van der Waals surface area contributed by atoms with Gasteiger partial charge in [0.25, 0.3) is 0 Å². The topological polar surface area (TPSA) is 16.4 Å². The van der Waals surface area contributed by atoms with Crippen LogP contribution in [0.25, 0.3) is 0 Å². The molecular weight excluding hydrogens is 609 g/mol. The number of pyridine rings is 1. The summed E-state index contributed by atoms with van der Waals surface area (Å²) in [5.41, 5.74) is 4.22. The summed E-state index contributed by atoms with van der Waals surface area (Å²) >= 11 is 0. The molecule has 0 amide bonds. The van der Waals surface area contributed by atoms with Crippen LogP contribution in [0.15, 0.2) is 42.7 Å². The van der Waals surface area contributed by atoms with Gasteiger partial charge in [-0.2, -0.15) is 0 Å². The smallest absolute Gasteiger partial charge is 0.173 e. The third-order valence-corrected chi connectivity index (χ3v) is 10.5. The molecule has 0 aliphatic heterocycles. The molecule has 3 heteroatoms. The summed E-state index contributed by atoms with van der Waals surface area (Å²) in [6.07, 6.45) is 37.8. The van der Waals surface area contributed by atoms with Crippen molar-refractivity contribution in [1.29, 1.82) is 0 Å². The molecule has 0 saturated heterocycles. The molecule has 0 fully saturated rings. The lowest BCUT2D eigenvalue weighted by Gasteiger charge is -2.26. The van der Waals surface area contributed by atoms with Crippen LogP contribution < -0.4 is 9.30 Å². The van der Waals surface area contributed by atoms with Gasteiger partial charge in [0.1, 0.15) is 12.3 Å². The lowest BCUT2D eigenvalue weighted by molar-refractivity contribution is -0.694. The summed E-state index contributed by atoms with van der Waals surface area (Å²) < 4.78 is 8.76. The Morgan fingerprint density at radius 1 is 0.560 bits per heavy atom. The Hall–Kier alpha value is -1.87. The molecule has 0 unspecified atom stereocenters. The largest absolute Gasteiger partial charge is 0.493 e. The molecule has 0 aliphatic carbocycles. The van der Waals surface area contributed by atoms with Crippen LogP contribution in [0, 0.1) is 0 Å². The van der Waals surface area contributed by atoms with E-state index in [2.05, 4.69) is 93.7 Å². The molecule has 1 aromatic heterocycles. The highest BCUT2D eigenvalue weighted by Crippen LogP contribution is 2.33. The number of hydrogen-bond donors (Lipinski definition) is 0. The summed E-state index contributed by atoms with van der Waals surface area (Å²) in [6, 6.07) is 11.6. The van der Waals surface area contributed by atoms with Crippen LogP contribution in [0.4, 0.5) is 0 Å². The number of nitrogens with zero attached hydrogens (tertiary/aromatic N) is 2. The maximum atomic E-state index is 6.46. The van der Waals surface area contributed by atoms with Crippen molar-refractivity contribution in [3.05, 3.63) is 59.4 Å². The van der Waals surface area contributed by atoms with E-state index in [9.17, 15) is 0 Å². The second-order valence-corrected chi connectivity index (χ2v) is 16.5. The van der Waals surface area contributed by atoms with Gasteiger partial charge >= 0.3 is 0 Å². The maximum absolute atomic E-state index is 6.46. The summed E-state index contributed by atoms with van der Waals surface area (Å²) in [7, 11) is 0. The van der Waals surface area contributed by atoms with Gasteiger partial charge in [0.15, 0.2) is 12.4 Å². The van der Waals surface area contributed by atoms with Gasteiger partial charge in [-0.05, 0) is 55.0 Å². The van der Waals surface area contributed by atoms with E-state index in [-0.39, 0.29) is 5.41 Å². The quantitative estimate of drug-likeness (QED) is 0.0561. The van der Waals surface area contributed by atoms with Crippen molar-refractivity contribution >= 4 is 0 Å². The average Bonchev–Trinajstić information content (AvgIpc) is 3.10. The van der Waals surface area contributed by atoms with Crippen molar-refractivity contribution in [2.45, 2.75) is 221 Å². The second-order valence-electron chi connectivity index (χ2n) is 16.5. The first-order valence-electron chi connectivity index (χ1n) is 21.8. The zero-order valence-electron chi connectivity index (χ0n) is 34.4. The van der Waals surface area contributed by atoms with Crippen LogP contribution in [0.1, 0.15) is 212 Å². The van der Waals surface area contributed by atoms with Crippen LogP contribution in [0.5, 0.6) is 5.75 Å². The Bertz CT molecular complexity index is 1070. The monoisotopic (exact) mass is 692 g/mol. The van der Waals surface area contributed by atoms with Crippen molar-refractivity contribution < 1.29 is 9.30 Å². The van der Waals surface area contributed by atoms with Gasteiger partial charge in [0.05, 0.1) is 6.61 Å². The first-order valence-corrected chi connectivity index (χ1v) is 21.8. The highest BCUT2D eigenvalue weighted by molar-refractivity contribution is 5.41. The number of hydrogen-bond acceptors (Lipinski definition) is 2. The van der Waals surface area contributed by atoms with E-state index >= 15 is 0 Å². The second kappa shape index (κ2) is 28.7. The highest BCUT2D eigenvalue weighted by Gasteiger charge is 2.20. The summed E-state index contributed by atoms with van der Waals surface area (Å²) in [5.74, 6) is 1.09. The van der Waals surface area contributed by atoms with Crippen LogP contribution in [0.3, 0.4) is 0 Å². The molecule has 0 radical (unpaired) electrons. The van der Waals surface area contributed by atoms with Crippen LogP contribution in [-0.4, -0.2) is 18.1 Å². The van der Waals surface area contributed by atoms with Crippen molar-refractivity contribution in [3.8, 4) is 5.75 Å². The van der Waals surface area contributed by atoms with Gasteiger partial charge in [-0.1, -0.05) is 188 Å². The van der Waals surface area contributed by atoms with E-state index in [0.29, 0.717) is 0 Å². The van der Waals surface area contributed by atoms with E-state index in [1.807, 2.05) is 0 Å². The van der Waals surface area contributed by atoms with Crippen molar-refractivity contribution in [2.75, 3.05) is 13.2 Å². The van der Waals surface area contributed by atoms with Crippen LogP contribution >= 0.6 is 0 Å². The first-order chi connectivity index (χ1) is 24.4. The standard InChI is InChI=1S/C47H83N2O/c1-7-10-12-14-16-18-20-21-22-23-24-26-28-30-36-49(42-44-33-32-37-48(9-3)41-44)40-43-34-35-46(45(39-43)47(4,5)6)50-38-31-29-27-25-19-17-15-13-11-8-2/h32-35,37,39,41H,7-31,36,38,40,42H2,1-6H3/q+1. The maximum Gasteiger partial charge on any atom is 0.173 e. The van der Waals surface area contributed by atoms with Gasteiger partial charge in [-0.15, -0.1) is 0 Å². The number of aryl methyl sites for hydroxylation is 1. The Morgan fingerprint density at radius 2 is 1.04 bits per heavy atom. The highest BCUT2D eigenvalue weighted by atomic mass is 16.5. The minimum absolute atomic E-state index is 0.0503. The van der Waals surface area contributed by atoms with Gasteiger partial charge in [-0.25, -0.2) is 4.57 Å². The normalized spacial score (nSPS) is 11.9. The van der Waals surface area contributed by atoms with Crippen LogP contribution in [-0.2, 0) is 25.0 Å². The van der Waals surface area contributed by atoms with E-state index < -0.39 is 0 Å². The fraction of sp³-hybridized carbons (Fsp3) is 0.766. The molecule has 0 N–H and O–H groups in total. The molecule has 1 heterocycles. The van der Waals surface area contributed by atoms with E-state index in [1.54, 1.807) is 0 Å². The van der Waals surface area contributed by atoms with Crippen molar-refractivity contribution in [3.63, 3.8) is 0 Å². The molecule has 286 valence electrons. The van der Waals surface area contributed by atoms with Crippen molar-refractivity contribution in [2.24, 2.45) is 0 Å². The minimum Gasteiger partial charge on any atom is -0.493 e. The average molecular weight is 692 g/mol. The Balaban J connectivity index is 1.83. The van der Waals surface area contributed by atoms with Crippen molar-refractivity contribution in [1.82, 2.24) is 4.90 Å². The van der Waals surface area contributed by atoms with Gasteiger partial charge in [0.2, 0.25) is 0 Å². The number of rotatable bonds is 32. The molecule has 3 nitrogen and oxygen atoms in total. The molecule has 0 aliphatic rings. The Morgan fingerprint density at radius 3 is 1.54 bits per heavy atom. The lowest BCUT2D eigenvalue weighted by Crippen LogP contribution is -2.33. The molecule has 50 heavy (non-hydrogen) atoms. The molecule has 0 saturated carbocycles. The zero-order valence-corrected chi connectivity index (χ0v) is 34.4. The third-order valence-electron chi connectivity index (χ3n) is 10.5. The van der Waals surface area contributed by atoms with Gasteiger partial charge in [0, 0.05) is 24.7 Å². The van der Waals surface area contributed by atoms with Gasteiger partial charge in [-0.3, -0.25) is 4.90 Å². The molecule has 2 aromatic rings. The summed E-state index contributed by atoms with van der Waals surface area (Å²) in [5, 5.41) is 0. The van der Waals surface area contributed by atoms with E-state index in [0.717, 1.165) is 45.0 Å². The zero-order chi connectivity index (χ0) is 36.1. The Kier molecular flexibility index (Phi) is 25.4. The fourth-order valence-corrected chi connectivity index (χ4v) is 7.29. The molecule has 0 atom stereocenters. The summed E-state index contributed by atoms with van der Waals surface area (Å²) in [4.78, 5) is 2.68.